The van der Waals surface area contributed by atoms with Gasteiger partial charge in [-0.25, -0.2) is 0 Å². The fraction of sp³-hybridized carbons (Fsp3) is 1.00. The molecule has 2 rings (SSSR count). The van der Waals surface area contributed by atoms with E-state index >= 15 is 0 Å². The van der Waals surface area contributed by atoms with Gasteiger partial charge >= 0.3 is 6.18 Å². The zero-order valence-electron chi connectivity index (χ0n) is 8.35. The molecule has 1 saturated heterocycles. The van der Waals surface area contributed by atoms with Gasteiger partial charge in [0.25, 0.3) is 0 Å². The number of nitrogens with zero attached hydrogens (tertiary/aromatic N) is 1. The molecule has 4 heteroatoms. The van der Waals surface area contributed by atoms with Crippen LogP contribution in [0.15, 0.2) is 0 Å². The number of halogens is 3. The van der Waals surface area contributed by atoms with Crippen LogP contribution in [-0.2, 0) is 0 Å². The van der Waals surface area contributed by atoms with Crippen molar-refractivity contribution < 1.29 is 13.2 Å². The highest BCUT2D eigenvalue weighted by molar-refractivity contribution is 4.96. The van der Waals surface area contributed by atoms with Crippen LogP contribution < -0.4 is 0 Å². The lowest BCUT2D eigenvalue weighted by Gasteiger charge is -2.30. The van der Waals surface area contributed by atoms with Crippen LogP contribution in [0.5, 0.6) is 0 Å². The second-order valence-corrected chi connectivity index (χ2v) is 4.63. The van der Waals surface area contributed by atoms with Crippen molar-refractivity contribution in [1.29, 1.82) is 0 Å². The smallest absolute Gasteiger partial charge is 0.295 e. The summed E-state index contributed by atoms with van der Waals surface area (Å²) < 4.78 is 38.2. The topological polar surface area (TPSA) is 3.24 Å². The monoisotopic (exact) mass is 207 g/mol. The summed E-state index contributed by atoms with van der Waals surface area (Å²) in [5.41, 5.74) is 0. The molecule has 0 bridgehead atoms. The number of alkyl halides is 3. The second kappa shape index (κ2) is 3.40. The molecule has 14 heavy (non-hydrogen) atoms. The molecule has 0 aromatic rings. The van der Waals surface area contributed by atoms with Crippen molar-refractivity contribution in [3.63, 3.8) is 0 Å². The quantitative estimate of drug-likeness (QED) is 0.590. The van der Waals surface area contributed by atoms with Gasteiger partial charge < -0.3 is 0 Å². The minimum Gasteiger partial charge on any atom is -0.295 e. The molecule has 3 unspecified atom stereocenters. The molecule has 1 nitrogen and oxygen atoms in total. The van der Waals surface area contributed by atoms with E-state index in [1.165, 1.54) is 4.90 Å². The van der Waals surface area contributed by atoms with E-state index in [9.17, 15) is 13.2 Å². The van der Waals surface area contributed by atoms with Crippen molar-refractivity contribution in [3.8, 4) is 0 Å². The third kappa shape index (κ3) is 1.64. The number of rotatable bonds is 0. The van der Waals surface area contributed by atoms with Gasteiger partial charge in [-0.1, -0.05) is 12.8 Å². The minimum absolute atomic E-state index is 0.131. The molecule has 0 spiro atoms. The van der Waals surface area contributed by atoms with E-state index in [4.69, 9.17) is 0 Å². The van der Waals surface area contributed by atoms with Gasteiger partial charge in [0.15, 0.2) is 0 Å². The normalized spacial score (nSPS) is 39.9. The number of hydrogen-bond acceptors (Lipinski definition) is 1. The van der Waals surface area contributed by atoms with E-state index in [1.54, 1.807) is 7.05 Å². The van der Waals surface area contributed by atoms with Gasteiger partial charge in [0.1, 0.15) is 6.04 Å². The molecule has 0 aromatic carbocycles. The summed E-state index contributed by atoms with van der Waals surface area (Å²) in [6.45, 7) is 0.634. The molecule has 1 aliphatic carbocycles. The molecule has 0 aromatic heterocycles. The van der Waals surface area contributed by atoms with Gasteiger partial charge in [0, 0.05) is 6.54 Å². The van der Waals surface area contributed by atoms with Gasteiger partial charge in [-0.05, 0) is 31.7 Å². The average molecular weight is 207 g/mol. The van der Waals surface area contributed by atoms with Crippen LogP contribution >= 0.6 is 0 Å². The van der Waals surface area contributed by atoms with Crippen molar-refractivity contribution in [1.82, 2.24) is 4.90 Å². The highest BCUT2D eigenvalue weighted by Crippen LogP contribution is 2.45. The molecular weight excluding hydrogens is 191 g/mol. The number of fused-ring (bicyclic) bond motifs is 1. The average Bonchev–Trinajstić information content (AvgIpc) is 2.38. The van der Waals surface area contributed by atoms with E-state index in [0.717, 1.165) is 25.7 Å². The molecule has 82 valence electrons. The maximum absolute atomic E-state index is 12.7. The maximum Gasteiger partial charge on any atom is 0.404 e. The molecule has 1 heterocycles. The Morgan fingerprint density at radius 3 is 2.43 bits per heavy atom. The molecular formula is C10H16F3N. The van der Waals surface area contributed by atoms with Crippen LogP contribution in [-0.4, -0.2) is 30.7 Å². The summed E-state index contributed by atoms with van der Waals surface area (Å²) in [6.07, 6.45) is -0.201. The third-order valence-corrected chi connectivity index (χ3v) is 3.71. The second-order valence-electron chi connectivity index (χ2n) is 4.63. The molecule has 2 aliphatic rings. The minimum atomic E-state index is -4.04. The molecule has 1 saturated carbocycles. The molecule has 0 radical (unpaired) electrons. The zero-order valence-corrected chi connectivity index (χ0v) is 8.35. The molecule has 0 amide bonds. The Morgan fingerprint density at radius 1 is 1.14 bits per heavy atom. The van der Waals surface area contributed by atoms with E-state index in [1.807, 2.05) is 0 Å². The van der Waals surface area contributed by atoms with Crippen molar-refractivity contribution in [2.75, 3.05) is 13.6 Å². The molecule has 0 N–H and O–H groups in total. The van der Waals surface area contributed by atoms with Crippen LogP contribution in [0, 0.1) is 11.8 Å². The number of likely N-dealkylation sites (tertiary alicyclic amines) is 1. The fourth-order valence-corrected chi connectivity index (χ4v) is 3.18. The van der Waals surface area contributed by atoms with Crippen LogP contribution in [0.2, 0.25) is 0 Å². The predicted octanol–water partition coefficient (Wildman–Crippen LogP) is 2.67. The Labute approximate surface area is 82.3 Å². The van der Waals surface area contributed by atoms with E-state index in [-0.39, 0.29) is 5.92 Å². The van der Waals surface area contributed by atoms with Crippen molar-refractivity contribution in [3.05, 3.63) is 0 Å². The Bertz CT molecular complexity index is 214. The molecule has 3 atom stereocenters. The summed E-state index contributed by atoms with van der Waals surface area (Å²) >= 11 is 0. The Balaban J connectivity index is 2.15. The summed E-state index contributed by atoms with van der Waals surface area (Å²) in [4.78, 5) is 1.50. The van der Waals surface area contributed by atoms with Crippen LogP contribution in [0.25, 0.3) is 0 Å². The highest BCUT2D eigenvalue weighted by Gasteiger charge is 2.53. The van der Waals surface area contributed by atoms with Gasteiger partial charge in [-0.3, -0.25) is 4.90 Å². The van der Waals surface area contributed by atoms with Gasteiger partial charge in [0.2, 0.25) is 0 Å². The Kier molecular flexibility index (Phi) is 2.50. The van der Waals surface area contributed by atoms with E-state index < -0.39 is 12.2 Å². The summed E-state index contributed by atoms with van der Waals surface area (Å²) in [5, 5.41) is 0. The first-order valence-corrected chi connectivity index (χ1v) is 5.27. The standard InChI is InChI=1S/C10H16F3N/c1-14-6-7-4-2-3-5-8(7)9(14)10(11,12)13/h7-9H,2-6H2,1H3. The third-order valence-electron chi connectivity index (χ3n) is 3.71. The Hall–Kier alpha value is -0.250. The van der Waals surface area contributed by atoms with Gasteiger partial charge in [0.05, 0.1) is 0 Å². The lowest BCUT2D eigenvalue weighted by molar-refractivity contribution is -0.184. The van der Waals surface area contributed by atoms with Crippen LogP contribution in [0.1, 0.15) is 25.7 Å². The summed E-state index contributed by atoms with van der Waals surface area (Å²) in [5.74, 6) is 0.161. The fourth-order valence-electron chi connectivity index (χ4n) is 3.18. The lowest BCUT2D eigenvalue weighted by Crippen LogP contribution is -2.43. The van der Waals surface area contributed by atoms with Crippen molar-refractivity contribution in [2.45, 2.75) is 37.9 Å². The van der Waals surface area contributed by atoms with Gasteiger partial charge in [-0.15, -0.1) is 0 Å². The summed E-state index contributed by atoms with van der Waals surface area (Å²) in [6, 6.07) is -1.17. The first-order valence-electron chi connectivity index (χ1n) is 5.27. The SMILES string of the molecule is CN1CC2CCCCC2C1C(F)(F)F. The maximum atomic E-state index is 12.7. The van der Waals surface area contributed by atoms with E-state index in [2.05, 4.69) is 0 Å². The van der Waals surface area contributed by atoms with Gasteiger partial charge in [-0.2, -0.15) is 13.2 Å². The molecule has 1 aliphatic heterocycles. The van der Waals surface area contributed by atoms with Crippen LogP contribution in [0.4, 0.5) is 13.2 Å². The predicted molar refractivity (Wildman–Crippen MR) is 47.9 cm³/mol. The van der Waals surface area contributed by atoms with E-state index in [0.29, 0.717) is 12.5 Å². The van der Waals surface area contributed by atoms with Crippen molar-refractivity contribution >= 4 is 0 Å². The molecule has 2 fully saturated rings. The summed E-state index contributed by atoms with van der Waals surface area (Å²) in [7, 11) is 1.61. The lowest BCUT2D eigenvalue weighted by atomic mass is 9.78. The first-order chi connectivity index (χ1) is 6.50. The van der Waals surface area contributed by atoms with Crippen LogP contribution in [0.3, 0.4) is 0 Å². The van der Waals surface area contributed by atoms with Crippen molar-refractivity contribution in [2.24, 2.45) is 11.8 Å². The first kappa shape index (κ1) is 10.3. The number of hydrogen-bond donors (Lipinski definition) is 0. The highest BCUT2D eigenvalue weighted by atomic mass is 19.4. The Morgan fingerprint density at radius 2 is 1.79 bits per heavy atom. The zero-order chi connectivity index (χ0) is 10.3. The largest absolute Gasteiger partial charge is 0.404 e.